The van der Waals surface area contributed by atoms with Crippen molar-refractivity contribution in [3.63, 3.8) is 0 Å². The summed E-state index contributed by atoms with van der Waals surface area (Å²) in [5, 5.41) is -0.291. The summed E-state index contributed by atoms with van der Waals surface area (Å²) >= 11 is 4.30. The number of furan rings is 1. The van der Waals surface area contributed by atoms with Gasteiger partial charge in [0, 0.05) is 22.7 Å². The number of rotatable bonds is 4. The first-order chi connectivity index (χ1) is 11.1. The van der Waals surface area contributed by atoms with Crippen molar-refractivity contribution in [2.75, 3.05) is 6.54 Å². The zero-order valence-electron chi connectivity index (χ0n) is 12.0. The molecule has 2 aromatic rings. The lowest BCUT2D eigenvalue weighted by atomic mass is 10.2. The normalized spacial score (nSPS) is 16.4. The molecule has 116 valence electrons. The van der Waals surface area contributed by atoms with E-state index in [0.29, 0.717) is 16.4 Å². The van der Waals surface area contributed by atoms with Crippen LogP contribution >= 0.6 is 27.7 Å². The van der Waals surface area contributed by atoms with Crippen molar-refractivity contribution in [2.24, 2.45) is 0 Å². The quantitative estimate of drug-likeness (QED) is 0.549. The molecule has 0 atom stereocenters. The summed E-state index contributed by atoms with van der Waals surface area (Å²) in [7, 11) is 0. The molecule has 1 aromatic heterocycles. The van der Waals surface area contributed by atoms with Gasteiger partial charge in [0.1, 0.15) is 11.5 Å². The minimum absolute atomic E-state index is 0.213. The lowest BCUT2D eigenvalue weighted by molar-refractivity contribution is -0.122. The van der Waals surface area contributed by atoms with Gasteiger partial charge in [0.2, 0.25) is 0 Å². The minimum Gasteiger partial charge on any atom is -0.457 e. The topological polar surface area (TPSA) is 50.5 Å². The number of nitrogens with zero attached hydrogens (tertiary/aromatic N) is 1. The Balaban J connectivity index is 1.84. The fraction of sp³-hybridized carbons (Fsp3) is 0.0588. The van der Waals surface area contributed by atoms with Gasteiger partial charge >= 0.3 is 0 Å². The summed E-state index contributed by atoms with van der Waals surface area (Å²) < 4.78 is 6.73. The van der Waals surface area contributed by atoms with Gasteiger partial charge in [-0.25, -0.2) is 0 Å². The van der Waals surface area contributed by atoms with Gasteiger partial charge in [0.15, 0.2) is 0 Å². The van der Waals surface area contributed by atoms with Crippen molar-refractivity contribution in [1.29, 1.82) is 0 Å². The van der Waals surface area contributed by atoms with E-state index >= 15 is 0 Å². The first-order valence-electron chi connectivity index (χ1n) is 6.80. The molecule has 0 saturated carbocycles. The van der Waals surface area contributed by atoms with E-state index in [1.165, 1.54) is 6.08 Å². The number of imide groups is 1. The summed E-state index contributed by atoms with van der Waals surface area (Å²) in [6, 6.07) is 11.3. The number of hydrogen-bond donors (Lipinski definition) is 0. The van der Waals surface area contributed by atoms with Crippen LogP contribution in [0.3, 0.4) is 0 Å². The Morgan fingerprint density at radius 3 is 2.61 bits per heavy atom. The van der Waals surface area contributed by atoms with Crippen molar-refractivity contribution < 1.29 is 14.0 Å². The van der Waals surface area contributed by atoms with Gasteiger partial charge in [-0.1, -0.05) is 34.1 Å². The molecule has 0 radical (unpaired) electrons. The van der Waals surface area contributed by atoms with Crippen LogP contribution in [-0.4, -0.2) is 22.6 Å². The van der Waals surface area contributed by atoms with Gasteiger partial charge in [-0.2, -0.15) is 0 Å². The summed E-state index contributed by atoms with van der Waals surface area (Å²) in [5.74, 6) is 0.919. The number of thioether (sulfide) groups is 1. The van der Waals surface area contributed by atoms with Crippen molar-refractivity contribution in [1.82, 2.24) is 4.90 Å². The van der Waals surface area contributed by atoms with Crippen LogP contribution in [-0.2, 0) is 4.79 Å². The van der Waals surface area contributed by atoms with E-state index < -0.39 is 0 Å². The van der Waals surface area contributed by atoms with Crippen molar-refractivity contribution in [3.05, 3.63) is 64.2 Å². The maximum Gasteiger partial charge on any atom is 0.293 e. The maximum atomic E-state index is 12.1. The van der Waals surface area contributed by atoms with Crippen LogP contribution in [0.4, 0.5) is 4.79 Å². The first-order valence-corrected chi connectivity index (χ1v) is 8.41. The highest BCUT2D eigenvalue weighted by molar-refractivity contribution is 9.10. The molecular weight excluding hydrogens is 378 g/mol. The molecule has 1 fully saturated rings. The molecule has 2 heterocycles. The van der Waals surface area contributed by atoms with E-state index in [-0.39, 0.29) is 17.7 Å². The van der Waals surface area contributed by atoms with Crippen molar-refractivity contribution >= 4 is 44.9 Å². The zero-order valence-corrected chi connectivity index (χ0v) is 14.4. The summed E-state index contributed by atoms with van der Waals surface area (Å²) in [5.41, 5.74) is 0.938. The molecule has 0 N–H and O–H groups in total. The Kier molecular flexibility index (Phi) is 4.54. The van der Waals surface area contributed by atoms with E-state index in [9.17, 15) is 9.59 Å². The molecule has 2 amide bonds. The SMILES string of the molecule is C=CCN1C(=O)S/C(=C\c2ccc(-c3ccc(Br)cc3)o2)C1=O. The van der Waals surface area contributed by atoms with Gasteiger partial charge in [-0.15, -0.1) is 6.58 Å². The highest BCUT2D eigenvalue weighted by Gasteiger charge is 2.34. The number of hydrogen-bond acceptors (Lipinski definition) is 4. The van der Waals surface area contributed by atoms with Crippen LogP contribution < -0.4 is 0 Å². The van der Waals surface area contributed by atoms with Gasteiger partial charge in [-0.05, 0) is 36.0 Å². The predicted molar refractivity (Wildman–Crippen MR) is 94.7 cm³/mol. The van der Waals surface area contributed by atoms with E-state index in [1.807, 2.05) is 30.3 Å². The molecule has 3 rings (SSSR count). The fourth-order valence-electron chi connectivity index (χ4n) is 2.12. The lowest BCUT2D eigenvalue weighted by Crippen LogP contribution is -2.27. The second-order valence-corrected chi connectivity index (χ2v) is 6.70. The standard InChI is InChI=1S/C17H12BrNO3S/c1-2-9-19-16(20)15(23-17(19)21)10-13-7-8-14(22-13)11-3-5-12(18)6-4-11/h2-8,10H,1,9H2/b15-10-. The van der Waals surface area contributed by atoms with Crippen LogP contribution in [0.1, 0.15) is 5.76 Å². The van der Waals surface area contributed by atoms with E-state index in [0.717, 1.165) is 26.7 Å². The van der Waals surface area contributed by atoms with Gasteiger partial charge in [-0.3, -0.25) is 14.5 Å². The minimum atomic E-state index is -0.318. The highest BCUT2D eigenvalue weighted by atomic mass is 79.9. The average molecular weight is 390 g/mol. The number of benzene rings is 1. The molecule has 23 heavy (non-hydrogen) atoms. The Hall–Kier alpha value is -2.05. The number of halogens is 1. The highest BCUT2D eigenvalue weighted by Crippen LogP contribution is 2.33. The molecule has 6 heteroatoms. The monoisotopic (exact) mass is 389 g/mol. The lowest BCUT2D eigenvalue weighted by Gasteiger charge is -2.07. The van der Waals surface area contributed by atoms with Crippen LogP contribution in [0.15, 0.2) is 62.8 Å². The molecule has 0 spiro atoms. The van der Waals surface area contributed by atoms with E-state index in [4.69, 9.17) is 4.42 Å². The third-order valence-corrected chi connectivity index (χ3v) is 4.65. The Bertz CT molecular complexity index is 808. The molecule has 0 aliphatic carbocycles. The van der Waals surface area contributed by atoms with Crippen LogP contribution in [0, 0.1) is 0 Å². The average Bonchev–Trinajstić information content (AvgIpc) is 3.09. The molecule has 1 aliphatic rings. The second kappa shape index (κ2) is 6.60. The predicted octanol–water partition coefficient (Wildman–Crippen LogP) is 4.93. The maximum absolute atomic E-state index is 12.1. The molecule has 0 unspecified atom stereocenters. The smallest absolute Gasteiger partial charge is 0.293 e. The summed E-state index contributed by atoms with van der Waals surface area (Å²) in [6.07, 6.45) is 3.12. The molecule has 0 bridgehead atoms. The Morgan fingerprint density at radius 1 is 1.17 bits per heavy atom. The van der Waals surface area contributed by atoms with Crippen LogP contribution in [0.25, 0.3) is 17.4 Å². The molecule has 1 aliphatic heterocycles. The van der Waals surface area contributed by atoms with Crippen molar-refractivity contribution in [3.8, 4) is 11.3 Å². The molecule has 4 nitrogen and oxygen atoms in total. The van der Waals surface area contributed by atoms with Gasteiger partial charge in [0.25, 0.3) is 11.1 Å². The van der Waals surface area contributed by atoms with E-state index in [2.05, 4.69) is 22.5 Å². The van der Waals surface area contributed by atoms with Gasteiger partial charge < -0.3 is 4.42 Å². The Morgan fingerprint density at radius 2 is 1.91 bits per heavy atom. The second-order valence-electron chi connectivity index (χ2n) is 4.79. The Labute approximate surface area is 146 Å². The third-order valence-electron chi connectivity index (χ3n) is 3.21. The first kappa shape index (κ1) is 15.8. The third kappa shape index (κ3) is 3.33. The van der Waals surface area contributed by atoms with Crippen molar-refractivity contribution in [2.45, 2.75) is 0 Å². The summed E-state index contributed by atoms with van der Waals surface area (Å²) in [6.45, 7) is 3.76. The fourth-order valence-corrected chi connectivity index (χ4v) is 3.21. The molecular formula is C17H12BrNO3S. The number of amides is 2. The largest absolute Gasteiger partial charge is 0.457 e. The number of carbonyl (C=O) groups excluding carboxylic acids is 2. The van der Waals surface area contributed by atoms with E-state index in [1.54, 1.807) is 12.1 Å². The van der Waals surface area contributed by atoms with Gasteiger partial charge in [0.05, 0.1) is 4.91 Å². The number of carbonyl (C=O) groups is 2. The van der Waals surface area contributed by atoms with Crippen LogP contribution in [0.2, 0.25) is 0 Å². The summed E-state index contributed by atoms with van der Waals surface area (Å²) in [4.78, 5) is 25.4. The molecule has 1 aromatic carbocycles. The van der Waals surface area contributed by atoms with Crippen LogP contribution in [0.5, 0.6) is 0 Å². The zero-order chi connectivity index (χ0) is 16.4. The molecule has 1 saturated heterocycles.